The maximum absolute atomic E-state index is 15.8. The molecule has 1 aromatic carbocycles. The summed E-state index contributed by atoms with van der Waals surface area (Å²) in [5.74, 6) is -0.487. The number of oxazole rings is 1. The number of pyridine rings is 1. The predicted molar refractivity (Wildman–Crippen MR) is 157 cm³/mol. The van der Waals surface area contributed by atoms with Gasteiger partial charge in [-0.3, -0.25) is 4.79 Å². The lowest BCUT2D eigenvalue weighted by atomic mass is 9.71. The lowest BCUT2D eigenvalue weighted by Crippen LogP contribution is -2.65. The quantitative estimate of drug-likeness (QED) is 0.327. The molecule has 226 valence electrons. The number of benzene rings is 1. The summed E-state index contributed by atoms with van der Waals surface area (Å²) < 4.78 is 54.6. The standard InChI is InChI=1S/C29H37FN6O5S/c1-6-12-29(15-19(7-2)13-22-16-32-18-41-22)28(3,35-27(31)36(4)42(29,38)39)23-14-20(8-10-24(23)30)34-26(37)25-11-9-21(40-5)17-33-25/h8-11,14,16-19H,6-7,12-13,15H2,1-5H3,(H2,31,35)(H,34,37). The summed E-state index contributed by atoms with van der Waals surface area (Å²) in [6.45, 7) is 5.46. The molecule has 3 heterocycles. The molecule has 11 nitrogen and oxygen atoms in total. The van der Waals surface area contributed by atoms with E-state index in [9.17, 15) is 13.2 Å². The minimum Gasteiger partial charge on any atom is -0.495 e. The first-order valence-corrected chi connectivity index (χ1v) is 15.2. The molecular weight excluding hydrogens is 563 g/mol. The number of halogens is 1. The first-order valence-electron chi connectivity index (χ1n) is 13.7. The van der Waals surface area contributed by atoms with E-state index >= 15 is 4.39 Å². The smallest absolute Gasteiger partial charge is 0.274 e. The van der Waals surface area contributed by atoms with Gasteiger partial charge in [0.25, 0.3) is 5.91 Å². The first-order chi connectivity index (χ1) is 19.9. The van der Waals surface area contributed by atoms with Crippen LogP contribution in [0.1, 0.15) is 68.3 Å². The molecule has 3 atom stereocenters. The molecule has 42 heavy (non-hydrogen) atoms. The predicted octanol–water partition coefficient (Wildman–Crippen LogP) is 4.47. The molecule has 3 aromatic rings. The summed E-state index contributed by atoms with van der Waals surface area (Å²) in [5.41, 5.74) is 4.92. The molecule has 4 rings (SSSR count). The summed E-state index contributed by atoms with van der Waals surface area (Å²) in [5, 5.41) is 2.73. The lowest BCUT2D eigenvalue weighted by molar-refractivity contribution is 0.102. The summed E-state index contributed by atoms with van der Waals surface area (Å²) in [6.07, 6.45) is 6.26. The van der Waals surface area contributed by atoms with Crippen LogP contribution >= 0.6 is 0 Å². The topological polar surface area (TPSA) is 153 Å². The Labute approximate surface area is 245 Å². The maximum Gasteiger partial charge on any atom is 0.274 e. The second-order valence-electron chi connectivity index (χ2n) is 10.6. The number of guanidine groups is 1. The average Bonchev–Trinajstić information content (AvgIpc) is 3.49. The van der Waals surface area contributed by atoms with Crippen molar-refractivity contribution in [2.75, 3.05) is 19.5 Å². The number of carbonyl (C=O) groups is 1. The van der Waals surface area contributed by atoms with Crippen molar-refractivity contribution in [3.63, 3.8) is 0 Å². The van der Waals surface area contributed by atoms with E-state index in [1.807, 2.05) is 13.8 Å². The Morgan fingerprint density at radius 3 is 2.60 bits per heavy atom. The summed E-state index contributed by atoms with van der Waals surface area (Å²) in [4.78, 5) is 25.7. The molecule has 3 unspecified atom stereocenters. The van der Waals surface area contributed by atoms with E-state index in [1.54, 1.807) is 19.2 Å². The normalized spacial score (nSPS) is 22.3. The number of rotatable bonds is 11. The number of amides is 1. The van der Waals surface area contributed by atoms with E-state index in [1.165, 1.54) is 51.0 Å². The van der Waals surface area contributed by atoms with E-state index in [0.29, 0.717) is 30.8 Å². The van der Waals surface area contributed by atoms with Gasteiger partial charge in [-0.25, -0.2) is 32.1 Å². The van der Waals surface area contributed by atoms with Crippen molar-refractivity contribution < 1.29 is 26.8 Å². The van der Waals surface area contributed by atoms with Gasteiger partial charge < -0.3 is 20.2 Å². The lowest BCUT2D eigenvalue weighted by Gasteiger charge is -2.52. The van der Waals surface area contributed by atoms with Gasteiger partial charge in [0.2, 0.25) is 16.0 Å². The number of aliphatic imine (C=N–C) groups is 1. The molecule has 0 saturated carbocycles. The number of aromatic nitrogens is 2. The minimum atomic E-state index is -4.16. The third-order valence-electron chi connectivity index (χ3n) is 8.18. The number of hydrogen-bond acceptors (Lipinski definition) is 9. The highest BCUT2D eigenvalue weighted by atomic mass is 32.2. The Bertz CT molecular complexity index is 1550. The zero-order valence-electron chi connectivity index (χ0n) is 24.4. The fourth-order valence-electron chi connectivity index (χ4n) is 5.79. The van der Waals surface area contributed by atoms with Crippen LogP contribution in [0.2, 0.25) is 0 Å². The maximum atomic E-state index is 15.8. The first kappa shape index (κ1) is 30.9. The number of nitrogens with zero attached hydrogens (tertiary/aromatic N) is 4. The average molecular weight is 601 g/mol. The third kappa shape index (κ3) is 5.44. The van der Waals surface area contributed by atoms with Gasteiger partial charge in [0.05, 0.1) is 19.5 Å². The van der Waals surface area contributed by atoms with Crippen LogP contribution in [0.3, 0.4) is 0 Å². The van der Waals surface area contributed by atoms with E-state index in [4.69, 9.17) is 19.9 Å². The number of ether oxygens (including phenoxy) is 1. The number of nitrogens with one attached hydrogen (secondary N) is 1. The minimum absolute atomic E-state index is 0.00517. The highest BCUT2D eigenvalue weighted by molar-refractivity contribution is 7.91. The van der Waals surface area contributed by atoms with Gasteiger partial charge in [-0.2, -0.15) is 0 Å². The molecule has 1 aliphatic heterocycles. The fourth-order valence-corrected chi connectivity index (χ4v) is 8.16. The van der Waals surface area contributed by atoms with Crippen molar-refractivity contribution in [2.24, 2.45) is 16.6 Å². The van der Waals surface area contributed by atoms with Gasteiger partial charge >= 0.3 is 0 Å². The SMILES string of the molecule is CCCC1(CC(CC)Cc2cnco2)C(C)(c2cc(NC(=O)c3ccc(OC)cn3)ccc2F)N=C(N)N(C)S1(=O)=O. The molecule has 0 radical (unpaired) electrons. The van der Waals surface area contributed by atoms with E-state index in [-0.39, 0.29) is 41.7 Å². The zero-order valence-corrected chi connectivity index (χ0v) is 25.2. The largest absolute Gasteiger partial charge is 0.495 e. The molecule has 1 aliphatic rings. The van der Waals surface area contributed by atoms with Crippen LogP contribution in [0, 0.1) is 11.7 Å². The van der Waals surface area contributed by atoms with Crippen LogP contribution < -0.4 is 15.8 Å². The van der Waals surface area contributed by atoms with Crippen molar-refractivity contribution in [3.8, 4) is 5.75 Å². The Morgan fingerprint density at radius 1 is 1.24 bits per heavy atom. The Balaban J connectivity index is 1.83. The van der Waals surface area contributed by atoms with Crippen LogP contribution in [-0.4, -0.2) is 53.5 Å². The van der Waals surface area contributed by atoms with Crippen LogP contribution in [-0.2, 0) is 22.0 Å². The molecule has 0 fully saturated rings. The number of methoxy groups -OCH3 is 1. The van der Waals surface area contributed by atoms with Crippen molar-refractivity contribution in [1.29, 1.82) is 0 Å². The second kappa shape index (κ2) is 12.1. The molecule has 0 aliphatic carbocycles. The van der Waals surface area contributed by atoms with Crippen LogP contribution in [0.4, 0.5) is 10.1 Å². The van der Waals surface area contributed by atoms with Crippen molar-refractivity contribution in [1.82, 2.24) is 14.3 Å². The van der Waals surface area contributed by atoms with Crippen molar-refractivity contribution in [3.05, 3.63) is 72.0 Å². The molecule has 0 bridgehead atoms. The van der Waals surface area contributed by atoms with E-state index in [0.717, 1.165) is 4.31 Å². The van der Waals surface area contributed by atoms with Gasteiger partial charge in [-0.1, -0.05) is 26.7 Å². The number of hydrogen-bond donors (Lipinski definition) is 2. The van der Waals surface area contributed by atoms with Crippen LogP contribution in [0.15, 0.2) is 58.5 Å². The summed E-state index contributed by atoms with van der Waals surface area (Å²) >= 11 is 0. The molecule has 0 saturated heterocycles. The second-order valence-corrected chi connectivity index (χ2v) is 12.9. The molecule has 1 amide bonds. The Kier molecular flexibility index (Phi) is 8.90. The molecule has 13 heteroatoms. The molecular formula is C29H37FN6O5S. The number of carbonyl (C=O) groups excluding carboxylic acids is 1. The number of sulfonamides is 1. The summed E-state index contributed by atoms with van der Waals surface area (Å²) in [6, 6.07) is 7.12. The van der Waals surface area contributed by atoms with Gasteiger partial charge in [-0.15, -0.1) is 0 Å². The van der Waals surface area contributed by atoms with E-state index < -0.39 is 32.0 Å². The molecule has 2 aromatic heterocycles. The van der Waals surface area contributed by atoms with E-state index in [2.05, 4.69) is 15.3 Å². The van der Waals surface area contributed by atoms with Crippen molar-refractivity contribution >= 4 is 27.6 Å². The highest BCUT2D eigenvalue weighted by Gasteiger charge is 2.63. The Hall–Kier alpha value is -4.00. The number of nitrogens with two attached hydrogens (primary N) is 1. The fraction of sp³-hybridized carbons (Fsp3) is 0.448. The summed E-state index contributed by atoms with van der Waals surface area (Å²) in [7, 11) is -1.30. The molecule has 0 spiro atoms. The molecule has 3 N–H and O–H groups in total. The van der Waals surface area contributed by atoms with Crippen molar-refractivity contribution in [2.45, 2.75) is 63.2 Å². The van der Waals surface area contributed by atoms with Gasteiger partial charge in [-0.05, 0) is 56.0 Å². The zero-order chi connectivity index (χ0) is 30.7. The van der Waals surface area contributed by atoms with Crippen LogP contribution in [0.25, 0.3) is 0 Å². The van der Waals surface area contributed by atoms with Gasteiger partial charge in [0.15, 0.2) is 6.39 Å². The van der Waals surface area contributed by atoms with Gasteiger partial charge in [0, 0.05) is 24.7 Å². The monoisotopic (exact) mass is 600 g/mol. The van der Waals surface area contributed by atoms with Gasteiger partial charge in [0.1, 0.15) is 33.3 Å². The highest BCUT2D eigenvalue weighted by Crippen LogP contribution is 2.53. The Morgan fingerprint density at radius 2 is 2.00 bits per heavy atom. The number of anilines is 1. The third-order valence-corrected chi connectivity index (χ3v) is 10.8. The van der Waals surface area contributed by atoms with Crippen LogP contribution in [0.5, 0.6) is 5.75 Å².